The van der Waals surface area contributed by atoms with Crippen LogP contribution in [0.1, 0.15) is 278 Å². The zero-order chi connectivity index (χ0) is 55.0. The van der Waals surface area contributed by atoms with Crippen LogP contribution in [-0.4, -0.2) is 74.3 Å². The molecule has 0 aliphatic heterocycles. The summed E-state index contributed by atoms with van der Waals surface area (Å²) in [6.07, 6.45) is 70.3. The molecule has 0 aromatic carbocycles. The van der Waals surface area contributed by atoms with Crippen LogP contribution in [0.25, 0.3) is 0 Å². The second-order valence-electron chi connectivity index (χ2n) is 22.2. The highest BCUT2D eigenvalue weighted by Gasteiger charge is 2.30. The highest BCUT2D eigenvalue weighted by Crippen LogP contribution is 2.43. The van der Waals surface area contributed by atoms with Crippen LogP contribution in [0.3, 0.4) is 0 Å². The maximum Gasteiger partial charge on any atom is 0.472 e. The maximum absolute atomic E-state index is 13.5. The predicted octanol–water partition coefficient (Wildman–Crippen LogP) is 19.2. The van der Waals surface area contributed by atoms with E-state index >= 15 is 0 Å². The SMILES string of the molecule is CC/C=C\C/C=C\C/C=C\C/C=C\C/C=C\CCCCCCCCCC(=O)OC(/C=C/CCCCCCCCCCCC)C(COP(=O)(O)OCC[N+](C)(C)C)NC(=O)CCCCCCCCCCCCCCCC. The smallest absolute Gasteiger partial charge is 0.456 e. The summed E-state index contributed by atoms with van der Waals surface area (Å²) < 4.78 is 30.7. The van der Waals surface area contributed by atoms with Gasteiger partial charge in [0.2, 0.25) is 5.91 Å². The Morgan fingerprint density at radius 3 is 1.28 bits per heavy atom. The van der Waals surface area contributed by atoms with Crippen molar-refractivity contribution in [2.45, 2.75) is 290 Å². The van der Waals surface area contributed by atoms with Crippen molar-refractivity contribution in [1.29, 1.82) is 0 Å². The van der Waals surface area contributed by atoms with Crippen LogP contribution in [0, 0.1) is 0 Å². The Balaban J connectivity index is 5.22. The Morgan fingerprint density at radius 2 is 0.853 bits per heavy atom. The fourth-order valence-electron chi connectivity index (χ4n) is 8.85. The molecule has 0 fully saturated rings. The molecular formula is C65H120N2O7P+. The number of esters is 1. The minimum atomic E-state index is -4.45. The molecule has 0 radical (unpaired) electrons. The van der Waals surface area contributed by atoms with Gasteiger partial charge in [0.25, 0.3) is 0 Å². The van der Waals surface area contributed by atoms with Gasteiger partial charge in [-0.3, -0.25) is 18.6 Å². The maximum atomic E-state index is 13.5. The summed E-state index contributed by atoms with van der Waals surface area (Å²) in [6.45, 7) is 6.90. The number of likely N-dealkylation sites (N-methyl/N-ethyl adjacent to an activating group) is 1. The van der Waals surface area contributed by atoms with E-state index in [-0.39, 0.29) is 31.5 Å². The summed E-state index contributed by atoms with van der Waals surface area (Å²) >= 11 is 0. The van der Waals surface area contributed by atoms with Gasteiger partial charge in [0.1, 0.15) is 19.3 Å². The topological polar surface area (TPSA) is 111 Å². The van der Waals surface area contributed by atoms with Crippen molar-refractivity contribution in [1.82, 2.24) is 5.32 Å². The number of unbranched alkanes of at least 4 members (excludes halogenated alkanes) is 30. The molecule has 0 aromatic heterocycles. The van der Waals surface area contributed by atoms with E-state index in [1.54, 1.807) is 0 Å². The Morgan fingerprint density at radius 1 is 0.480 bits per heavy atom. The van der Waals surface area contributed by atoms with Gasteiger partial charge in [-0.05, 0) is 76.7 Å². The summed E-state index contributed by atoms with van der Waals surface area (Å²) in [5.41, 5.74) is 0. The molecule has 3 atom stereocenters. The Bertz CT molecular complexity index is 1510. The highest BCUT2D eigenvalue weighted by atomic mass is 31.2. The molecule has 3 unspecified atom stereocenters. The number of phosphoric acid groups is 1. The van der Waals surface area contributed by atoms with E-state index in [1.807, 2.05) is 33.3 Å². The summed E-state index contributed by atoms with van der Waals surface area (Å²) in [7, 11) is 1.49. The lowest BCUT2D eigenvalue weighted by atomic mass is 10.0. The fourth-order valence-corrected chi connectivity index (χ4v) is 9.59. The molecule has 0 aliphatic carbocycles. The average Bonchev–Trinajstić information content (AvgIpc) is 3.37. The van der Waals surface area contributed by atoms with Gasteiger partial charge in [0.15, 0.2) is 0 Å². The van der Waals surface area contributed by atoms with Gasteiger partial charge >= 0.3 is 13.8 Å². The van der Waals surface area contributed by atoms with Gasteiger partial charge in [-0.1, -0.05) is 261 Å². The van der Waals surface area contributed by atoms with Gasteiger partial charge in [-0.15, -0.1) is 0 Å². The molecule has 0 rings (SSSR count). The first-order valence-corrected chi connectivity index (χ1v) is 32.8. The van der Waals surface area contributed by atoms with Crippen molar-refractivity contribution >= 4 is 19.7 Å². The molecule has 0 aromatic rings. The van der Waals surface area contributed by atoms with E-state index in [0.717, 1.165) is 103 Å². The van der Waals surface area contributed by atoms with E-state index in [4.69, 9.17) is 13.8 Å². The van der Waals surface area contributed by atoms with Gasteiger partial charge in [0, 0.05) is 12.8 Å². The average molecular weight is 1070 g/mol. The fraction of sp³-hybridized carbons (Fsp3) is 0.785. The van der Waals surface area contributed by atoms with Gasteiger partial charge in [-0.2, -0.15) is 0 Å². The summed E-state index contributed by atoms with van der Waals surface area (Å²) in [5.74, 6) is -0.512. The van der Waals surface area contributed by atoms with E-state index in [0.29, 0.717) is 17.4 Å². The molecule has 0 heterocycles. The first-order valence-electron chi connectivity index (χ1n) is 31.3. The van der Waals surface area contributed by atoms with Gasteiger partial charge < -0.3 is 19.4 Å². The predicted molar refractivity (Wildman–Crippen MR) is 323 cm³/mol. The van der Waals surface area contributed by atoms with Crippen molar-refractivity contribution in [2.75, 3.05) is 40.9 Å². The second kappa shape index (κ2) is 54.8. The minimum absolute atomic E-state index is 0.0374. The molecule has 0 bridgehead atoms. The number of rotatable bonds is 56. The highest BCUT2D eigenvalue weighted by molar-refractivity contribution is 7.47. The van der Waals surface area contributed by atoms with Crippen LogP contribution in [0.4, 0.5) is 0 Å². The molecule has 0 aliphatic rings. The lowest BCUT2D eigenvalue weighted by Crippen LogP contribution is -2.47. The van der Waals surface area contributed by atoms with Crippen molar-refractivity contribution in [2.24, 2.45) is 0 Å². The van der Waals surface area contributed by atoms with E-state index in [9.17, 15) is 19.0 Å². The Kier molecular flexibility index (Phi) is 52.9. The number of quaternary nitrogens is 1. The molecule has 2 N–H and O–H groups in total. The van der Waals surface area contributed by atoms with E-state index < -0.39 is 20.0 Å². The first kappa shape index (κ1) is 72.5. The standard InChI is InChI=1S/C65H119N2O7P/c1-7-10-13-16-19-22-25-28-30-31-32-33-34-35-36-37-38-40-43-46-49-52-55-58-65(69)74-63(56-53-50-47-44-41-27-24-21-18-15-12-9-3)62(61-73-75(70,71)72-60-59-67(4,5)6)66-64(68)57-54-51-48-45-42-39-29-26-23-20-17-14-11-8-2/h10,13,19,22,28,30,32-33,35-36,53,56,62-63H,7-9,11-12,14-18,20-21,23-27,29,31,34,37-52,54-55,57-61H2,1-6H3,(H-,66,68,70,71)/p+1/b13-10-,22-19-,30-28-,33-32-,36-35-,56-53+. The number of allylic oxidation sites excluding steroid dienone is 11. The number of amides is 1. The number of ether oxygens (including phenoxy) is 1. The van der Waals surface area contributed by atoms with Crippen molar-refractivity contribution in [3.05, 3.63) is 72.9 Å². The number of hydrogen-bond acceptors (Lipinski definition) is 6. The van der Waals surface area contributed by atoms with Crippen molar-refractivity contribution in [3.63, 3.8) is 0 Å². The normalized spacial score (nSPS) is 14.2. The lowest BCUT2D eigenvalue weighted by Gasteiger charge is -2.27. The third-order valence-electron chi connectivity index (χ3n) is 13.7. The molecule has 0 spiro atoms. The molecule has 1 amide bonds. The Hall–Kier alpha value is -2.55. The van der Waals surface area contributed by atoms with Gasteiger partial charge in [-0.25, -0.2) is 4.57 Å². The molecule has 10 heteroatoms. The monoisotopic (exact) mass is 1070 g/mol. The summed E-state index contributed by atoms with van der Waals surface area (Å²) in [5, 5.41) is 3.05. The van der Waals surface area contributed by atoms with Crippen LogP contribution >= 0.6 is 7.82 Å². The quantitative estimate of drug-likeness (QED) is 0.0205. The third-order valence-corrected chi connectivity index (χ3v) is 14.6. The molecule has 9 nitrogen and oxygen atoms in total. The third kappa shape index (κ3) is 56.0. The second-order valence-corrected chi connectivity index (χ2v) is 23.7. The number of hydrogen-bond donors (Lipinski definition) is 2. The van der Waals surface area contributed by atoms with Crippen molar-refractivity contribution in [3.8, 4) is 0 Å². The molecule has 436 valence electrons. The Labute approximate surface area is 463 Å². The number of nitrogens with zero attached hydrogens (tertiary/aromatic N) is 1. The summed E-state index contributed by atoms with van der Waals surface area (Å²) in [6, 6.07) is -0.853. The lowest BCUT2D eigenvalue weighted by molar-refractivity contribution is -0.870. The summed E-state index contributed by atoms with van der Waals surface area (Å²) in [4.78, 5) is 37.7. The number of carbonyl (C=O) groups is 2. The van der Waals surface area contributed by atoms with Gasteiger partial charge in [0.05, 0.1) is 33.8 Å². The number of nitrogens with one attached hydrogen (secondary N) is 1. The number of phosphoric ester groups is 1. The first-order chi connectivity index (χ1) is 36.4. The largest absolute Gasteiger partial charge is 0.472 e. The molecule has 0 saturated carbocycles. The van der Waals surface area contributed by atoms with Crippen LogP contribution in [0.15, 0.2) is 72.9 Å². The van der Waals surface area contributed by atoms with E-state index in [2.05, 4.69) is 86.8 Å². The molecular weight excluding hydrogens is 952 g/mol. The zero-order valence-corrected chi connectivity index (χ0v) is 50.7. The van der Waals surface area contributed by atoms with Crippen LogP contribution < -0.4 is 5.32 Å². The zero-order valence-electron chi connectivity index (χ0n) is 49.8. The van der Waals surface area contributed by atoms with Crippen LogP contribution in [-0.2, 0) is 27.9 Å². The van der Waals surface area contributed by atoms with Crippen LogP contribution in [0.5, 0.6) is 0 Å². The van der Waals surface area contributed by atoms with Crippen LogP contribution in [0.2, 0.25) is 0 Å². The van der Waals surface area contributed by atoms with E-state index in [1.165, 1.54) is 141 Å². The minimum Gasteiger partial charge on any atom is -0.456 e. The number of carbonyl (C=O) groups excluding carboxylic acids is 2. The molecule has 75 heavy (non-hydrogen) atoms. The van der Waals surface area contributed by atoms with Crippen molar-refractivity contribution < 1.29 is 37.3 Å². The molecule has 0 saturated heterocycles.